The predicted molar refractivity (Wildman–Crippen MR) is 119 cm³/mol. The summed E-state index contributed by atoms with van der Waals surface area (Å²) < 4.78 is 30.1. The van der Waals surface area contributed by atoms with Crippen LogP contribution in [0, 0.1) is 0 Å². The molecule has 31 heavy (non-hydrogen) atoms. The number of aromatic nitrogens is 2. The van der Waals surface area contributed by atoms with E-state index in [0.29, 0.717) is 12.1 Å². The number of nitrogens with zero attached hydrogens (tertiary/aromatic N) is 2. The van der Waals surface area contributed by atoms with Crippen molar-refractivity contribution in [3.05, 3.63) is 102 Å². The molecule has 3 aromatic carbocycles. The maximum Gasteiger partial charge on any atom is 0.261 e. The number of carbonyl (C=O) groups is 1. The largest absolute Gasteiger partial charge is 0.366 e. The molecule has 1 amide bonds. The third kappa shape index (κ3) is 4.65. The molecule has 0 unspecified atom stereocenters. The molecule has 3 N–H and O–H groups in total. The van der Waals surface area contributed by atoms with Gasteiger partial charge in [-0.2, -0.15) is 5.10 Å². The normalized spacial score (nSPS) is 11.2. The average molecular weight is 433 g/mol. The third-order valence-electron chi connectivity index (χ3n) is 4.74. The van der Waals surface area contributed by atoms with E-state index in [9.17, 15) is 13.2 Å². The number of sulfonamides is 1. The Kier molecular flexibility index (Phi) is 5.55. The van der Waals surface area contributed by atoms with E-state index in [1.807, 2.05) is 42.6 Å². The molecule has 0 radical (unpaired) electrons. The van der Waals surface area contributed by atoms with Gasteiger partial charge >= 0.3 is 0 Å². The Morgan fingerprint density at radius 2 is 1.68 bits per heavy atom. The molecular formula is C23H20N4O3S. The number of nitrogens with two attached hydrogens (primary N) is 1. The van der Waals surface area contributed by atoms with Gasteiger partial charge in [0.25, 0.3) is 15.9 Å². The molecule has 156 valence electrons. The molecule has 0 spiro atoms. The maximum atomic E-state index is 12.9. The number of hydrogen-bond acceptors (Lipinski definition) is 4. The lowest BCUT2D eigenvalue weighted by atomic mass is 10.1. The second-order valence-corrected chi connectivity index (χ2v) is 8.64. The van der Waals surface area contributed by atoms with Crippen LogP contribution < -0.4 is 10.5 Å². The van der Waals surface area contributed by atoms with Crippen molar-refractivity contribution in [2.24, 2.45) is 5.73 Å². The lowest BCUT2D eigenvalue weighted by molar-refractivity contribution is 0.100. The van der Waals surface area contributed by atoms with Gasteiger partial charge < -0.3 is 5.73 Å². The highest BCUT2D eigenvalue weighted by atomic mass is 32.2. The van der Waals surface area contributed by atoms with Gasteiger partial charge in [0.05, 0.1) is 28.9 Å². The highest BCUT2D eigenvalue weighted by Gasteiger charge is 2.18. The van der Waals surface area contributed by atoms with E-state index < -0.39 is 15.9 Å². The molecule has 4 rings (SSSR count). The monoisotopic (exact) mass is 432 g/mol. The molecule has 0 aliphatic rings. The quantitative estimate of drug-likeness (QED) is 0.466. The molecule has 4 aromatic rings. The minimum absolute atomic E-state index is 0.0695. The van der Waals surface area contributed by atoms with Crippen LogP contribution >= 0.6 is 0 Å². The Labute approximate surface area is 180 Å². The minimum atomic E-state index is -3.93. The highest BCUT2D eigenvalue weighted by Crippen LogP contribution is 2.25. The smallest absolute Gasteiger partial charge is 0.261 e. The molecular weight excluding hydrogens is 412 g/mol. The molecule has 0 aliphatic carbocycles. The Hall–Kier alpha value is -3.91. The first-order valence-electron chi connectivity index (χ1n) is 9.51. The summed E-state index contributed by atoms with van der Waals surface area (Å²) in [7, 11) is -3.93. The number of rotatable bonds is 7. The highest BCUT2D eigenvalue weighted by molar-refractivity contribution is 7.92. The Morgan fingerprint density at radius 3 is 2.45 bits per heavy atom. The van der Waals surface area contributed by atoms with Crippen molar-refractivity contribution in [3.8, 4) is 11.1 Å². The predicted octanol–water partition coefficient (Wildman–Crippen LogP) is 3.50. The third-order valence-corrected chi connectivity index (χ3v) is 6.10. The molecule has 0 fully saturated rings. The van der Waals surface area contributed by atoms with Gasteiger partial charge in [0.15, 0.2) is 0 Å². The fraction of sp³-hybridized carbons (Fsp3) is 0.0435. The zero-order chi connectivity index (χ0) is 21.8. The van der Waals surface area contributed by atoms with Gasteiger partial charge in [-0.3, -0.25) is 14.2 Å². The summed E-state index contributed by atoms with van der Waals surface area (Å²) in [6.07, 6.45) is 3.57. The van der Waals surface area contributed by atoms with E-state index in [-0.39, 0.29) is 16.1 Å². The number of carbonyl (C=O) groups excluding carboxylic acids is 1. The molecule has 0 saturated carbocycles. The lowest BCUT2D eigenvalue weighted by Crippen LogP contribution is -2.18. The van der Waals surface area contributed by atoms with Crippen molar-refractivity contribution in [3.63, 3.8) is 0 Å². The number of amides is 1. The first-order valence-corrected chi connectivity index (χ1v) is 11.0. The zero-order valence-corrected chi connectivity index (χ0v) is 17.3. The van der Waals surface area contributed by atoms with Gasteiger partial charge in [0.2, 0.25) is 0 Å². The number of primary amides is 1. The Morgan fingerprint density at radius 1 is 0.935 bits per heavy atom. The van der Waals surface area contributed by atoms with E-state index in [1.54, 1.807) is 35.1 Å². The van der Waals surface area contributed by atoms with Gasteiger partial charge in [-0.1, -0.05) is 54.6 Å². The van der Waals surface area contributed by atoms with E-state index >= 15 is 0 Å². The van der Waals surface area contributed by atoms with Crippen molar-refractivity contribution in [1.29, 1.82) is 0 Å². The van der Waals surface area contributed by atoms with Crippen molar-refractivity contribution in [2.75, 3.05) is 4.72 Å². The lowest BCUT2D eigenvalue weighted by Gasteiger charge is -2.11. The summed E-state index contributed by atoms with van der Waals surface area (Å²) in [6, 6.07) is 22.7. The maximum absolute atomic E-state index is 12.9. The summed E-state index contributed by atoms with van der Waals surface area (Å²) in [6.45, 7) is 0.615. The number of para-hydroxylation sites is 1. The SMILES string of the molecule is NC(=O)c1ccccc1NS(=O)(=O)c1cccc(-c2cnn(Cc3ccccc3)c2)c1. The molecule has 0 saturated heterocycles. The van der Waals surface area contributed by atoms with Crippen molar-refractivity contribution < 1.29 is 13.2 Å². The van der Waals surface area contributed by atoms with Crippen LogP contribution in [-0.4, -0.2) is 24.1 Å². The number of anilines is 1. The molecule has 1 aromatic heterocycles. The number of hydrogen-bond donors (Lipinski definition) is 2. The second kappa shape index (κ2) is 8.45. The molecule has 0 atom stereocenters. The van der Waals surface area contributed by atoms with E-state index in [0.717, 1.165) is 11.1 Å². The fourth-order valence-corrected chi connectivity index (χ4v) is 4.33. The van der Waals surface area contributed by atoms with Gasteiger partial charge in [-0.05, 0) is 35.4 Å². The van der Waals surface area contributed by atoms with E-state index in [1.165, 1.54) is 18.2 Å². The van der Waals surface area contributed by atoms with Crippen LogP contribution in [0.25, 0.3) is 11.1 Å². The van der Waals surface area contributed by atoms with Crippen molar-refractivity contribution in [1.82, 2.24) is 9.78 Å². The Balaban J connectivity index is 1.59. The Bertz CT molecular complexity index is 1330. The summed E-state index contributed by atoms with van der Waals surface area (Å²) in [5, 5.41) is 4.38. The zero-order valence-electron chi connectivity index (χ0n) is 16.5. The molecule has 0 bridgehead atoms. The van der Waals surface area contributed by atoms with Gasteiger partial charge in [0.1, 0.15) is 0 Å². The van der Waals surface area contributed by atoms with Crippen molar-refractivity contribution >= 4 is 21.6 Å². The minimum Gasteiger partial charge on any atom is -0.366 e. The average Bonchev–Trinajstić information content (AvgIpc) is 3.23. The van der Waals surface area contributed by atoms with Crippen LogP contribution in [0.15, 0.2) is 96.2 Å². The topological polar surface area (TPSA) is 107 Å². The summed E-state index contributed by atoms with van der Waals surface area (Å²) >= 11 is 0. The first-order chi connectivity index (χ1) is 14.9. The second-order valence-electron chi connectivity index (χ2n) is 6.96. The summed E-state index contributed by atoms with van der Waals surface area (Å²) in [5.41, 5.74) is 8.21. The molecule has 8 heteroatoms. The van der Waals surface area contributed by atoms with Crippen LogP contribution in [0.4, 0.5) is 5.69 Å². The fourth-order valence-electron chi connectivity index (χ4n) is 3.20. The van der Waals surface area contributed by atoms with Crippen LogP contribution in [0.1, 0.15) is 15.9 Å². The first kappa shape index (κ1) is 20.4. The number of benzene rings is 3. The van der Waals surface area contributed by atoms with Gasteiger partial charge in [0, 0.05) is 11.8 Å². The number of nitrogens with one attached hydrogen (secondary N) is 1. The van der Waals surface area contributed by atoms with Crippen LogP contribution in [0.3, 0.4) is 0 Å². The van der Waals surface area contributed by atoms with Gasteiger partial charge in [-0.15, -0.1) is 0 Å². The van der Waals surface area contributed by atoms with Crippen molar-refractivity contribution in [2.45, 2.75) is 11.4 Å². The van der Waals surface area contributed by atoms with E-state index in [4.69, 9.17) is 5.73 Å². The molecule has 7 nitrogen and oxygen atoms in total. The van der Waals surface area contributed by atoms with Crippen LogP contribution in [0.5, 0.6) is 0 Å². The summed E-state index contributed by atoms with van der Waals surface area (Å²) in [5.74, 6) is -0.710. The van der Waals surface area contributed by atoms with E-state index in [2.05, 4.69) is 9.82 Å². The van der Waals surface area contributed by atoms with Gasteiger partial charge in [-0.25, -0.2) is 8.42 Å². The summed E-state index contributed by atoms with van der Waals surface area (Å²) in [4.78, 5) is 11.7. The molecule has 1 heterocycles. The standard InChI is InChI=1S/C23H20N4O3S/c24-23(28)21-11-4-5-12-22(21)26-31(29,30)20-10-6-9-18(13-20)19-14-25-27(16-19)15-17-7-2-1-3-8-17/h1-14,16,26H,15H2,(H2,24,28). The van der Waals surface area contributed by atoms with Crippen LogP contribution in [0.2, 0.25) is 0 Å². The molecule has 0 aliphatic heterocycles. The van der Waals surface area contributed by atoms with Crippen LogP contribution in [-0.2, 0) is 16.6 Å².